The van der Waals surface area contributed by atoms with Crippen LogP contribution in [-0.2, 0) is 4.79 Å². The molecule has 0 radical (unpaired) electrons. The highest BCUT2D eigenvalue weighted by molar-refractivity contribution is 7.14. The summed E-state index contributed by atoms with van der Waals surface area (Å²) in [5, 5.41) is 9.64. The highest BCUT2D eigenvalue weighted by atomic mass is 32.1. The lowest BCUT2D eigenvalue weighted by Crippen LogP contribution is -2.41. The summed E-state index contributed by atoms with van der Waals surface area (Å²) in [6.45, 7) is 1.29. The van der Waals surface area contributed by atoms with Crippen LogP contribution in [0.2, 0.25) is 0 Å². The van der Waals surface area contributed by atoms with Crippen LogP contribution in [0.15, 0.2) is 40.4 Å². The van der Waals surface area contributed by atoms with E-state index >= 15 is 0 Å². The standard InChI is InChI=1S/C21H19N3O4S2/c25-19(22-15-1-2-17-18(9-15)28-12-27-17)13-3-6-24(7-4-13)21(26)16-11-30-20(23-16)14-5-8-29-10-14/h1-2,5,8-11,13H,3-4,6-7,12H2,(H,22,25). The first-order valence-corrected chi connectivity index (χ1v) is 11.5. The summed E-state index contributed by atoms with van der Waals surface area (Å²) in [6, 6.07) is 7.36. The highest BCUT2D eigenvalue weighted by Gasteiger charge is 2.29. The van der Waals surface area contributed by atoms with Crippen molar-refractivity contribution in [2.75, 3.05) is 25.2 Å². The normalized spacial score (nSPS) is 15.9. The summed E-state index contributed by atoms with van der Waals surface area (Å²) in [5.74, 6) is 1.09. The number of fused-ring (bicyclic) bond motifs is 1. The van der Waals surface area contributed by atoms with Crippen LogP contribution in [0, 0.1) is 5.92 Å². The monoisotopic (exact) mass is 441 g/mol. The first-order chi connectivity index (χ1) is 14.7. The fraction of sp³-hybridized carbons (Fsp3) is 0.286. The third-order valence-electron chi connectivity index (χ3n) is 5.28. The largest absolute Gasteiger partial charge is 0.454 e. The number of anilines is 1. The van der Waals surface area contributed by atoms with E-state index in [0.717, 1.165) is 10.6 Å². The second-order valence-electron chi connectivity index (χ2n) is 7.17. The second kappa shape index (κ2) is 8.08. The molecule has 0 saturated carbocycles. The number of nitrogens with zero attached hydrogens (tertiary/aromatic N) is 2. The Balaban J connectivity index is 1.17. The molecule has 2 aliphatic heterocycles. The first-order valence-electron chi connectivity index (χ1n) is 9.65. The maximum atomic E-state index is 12.8. The molecule has 0 unspecified atom stereocenters. The van der Waals surface area contributed by atoms with Gasteiger partial charge in [0.05, 0.1) is 0 Å². The number of carbonyl (C=O) groups is 2. The number of thiophene rings is 1. The molecule has 0 bridgehead atoms. The molecule has 30 heavy (non-hydrogen) atoms. The Morgan fingerprint density at radius 1 is 1.10 bits per heavy atom. The van der Waals surface area contributed by atoms with Crippen molar-refractivity contribution in [3.05, 3.63) is 46.1 Å². The number of thiazole rings is 1. The molecule has 3 aromatic rings. The van der Waals surface area contributed by atoms with E-state index in [1.165, 1.54) is 11.3 Å². The molecule has 2 aromatic heterocycles. The van der Waals surface area contributed by atoms with Crippen molar-refractivity contribution < 1.29 is 19.1 Å². The molecule has 7 nitrogen and oxygen atoms in total. The van der Waals surface area contributed by atoms with Crippen LogP contribution in [0.3, 0.4) is 0 Å². The van der Waals surface area contributed by atoms with Crippen LogP contribution < -0.4 is 14.8 Å². The summed E-state index contributed by atoms with van der Waals surface area (Å²) in [7, 11) is 0. The van der Waals surface area contributed by atoms with Crippen molar-refractivity contribution in [1.82, 2.24) is 9.88 Å². The first kappa shape index (κ1) is 19.1. The third-order valence-corrected chi connectivity index (χ3v) is 6.86. The molecule has 0 spiro atoms. The number of carbonyl (C=O) groups excluding carboxylic acids is 2. The van der Waals surface area contributed by atoms with Crippen molar-refractivity contribution >= 4 is 40.2 Å². The number of nitrogens with one attached hydrogen (secondary N) is 1. The van der Waals surface area contributed by atoms with Crippen molar-refractivity contribution in [2.45, 2.75) is 12.8 Å². The Kier molecular flexibility index (Phi) is 5.14. The van der Waals surface area contributed by atoms with Crippen LogP contribution in [0.25, 0.3) is 10.6 Å². The fourth-order valence-electron chi connectivity index (χ4n) is 3.62. The van der Waals surface area contributed by atoms with Gasteiger partial charge >= 0.3 is 0 Å². The van der Waals surface area contributed by atoms with Crippen molar-refractivity contribution in [3.63, 3.8) is 0 Å². The van der Waals surface area contributed by atoms with E-state index in [4.69, 9.17) is 9.47 Å². The second-order valence-corrected chi connectivity index (χ2v) is 8.81. The van der Waals surface area contributed by atoms with Gasteiger partial charge in [0.2, 0.25) is 12.7 Å². The van der Waals surface area contributed by atoms with Crippen LogP contribution in [-0.4, -0.2) is 41.6 Å². The van der Waals surface area contributed by atoms with Gasteiger partial charge in [0.25, 0.3) is 5.91 Å². The van der Waals surface area contributed by atoms with Gasteiger partial charge < -0.3 is 19.7 Å². The van der Waals surface area contributed by atoms with E-state index in [9.17, 15) is 9.59 Å². The predicted octanol–water partition coefficient (Wildman–Crippen LogP) is 4.09. The molecule has 1 fully saturated rings. The number of piperidine rings is 1. The molecule has 2 amide bonds. The molecule has 4 heterocycles. The number of hydrogen-bond donors (Lipinski definition) is 1. The lowest BCUT2D eigenvalue weighted by Gasteiger charge is -2.30. The summed E-state index contributed by atoms with van der Waals surface area (Å²) in [4.78, 5) is 31.7. The molecular formula is C21H19N3O4S2. The molecule has 0 atom stereocenters. The van der Waals surface area contributed by atoms with Crippen molar-refractivity contribution in [2.24, 2.45) is 5.92 Å². The van der Waals surface area contributed by atoms with Crippen LogP contribution in [0.1, 0.15) is 23.3 Å². The van der Waals surface area contributed by atoms with E-state index in [0.29, 0.717) is 48.8 Å². The minimum absolute atomic E-state index is 0.0330. The SMILES string of the molecule is O=C(Nc1ccc2c(c1)OCO2)C1CCN(C(=O)c2csc(-c3ccsc3)n2)CC1. The summed E-state index contributed by atoms with van der Waals surface area (Å²) in [5.41, 5.74) is 2.21. The molecule has 0 aliphatic carbocycles. The van der Waals surface area contributed by atoms with E-state index in [2.05, 4.69) is 10.3 Å². The van der Waals surface area contributed by atoms with Crippen LogP contribution in [0.5, 0.6) is 11.5 Å². The van der Waals surface area contributed by atoms with Gasteiger partial charge in [0, 0.05) is 47.1 Å². The minimum atomic E-state index is -0.128. The van der Waals surface area contributed by atoms with Gasteiger partial charge in [-0.15, -0.1) is 11.3 Å². The highest BCUT2D eigenvalue weighted by Crippen LogP contribution is 2.34. The van der Waals surface area contributed by atoms with Gasteiger partial charge in [0.15, 0.2) is 11.5 Å². The smallest absolute Gasteiger partial charge is 0.273 e. The third kappa shape index (κ3) is 3.78. The maximum Gasteiger partial charge on any atom is 0.273 e. The number of ether oxygens (including phenoxy) is 2. The molecule has 1 aromatic carbocycles. The van der Waals surface area contributed by atoms with E-state index in [1.54, 1.807) is 34.4 Å². The Labute approximate surface area is 181 Å². The molecular weight excluding hydrogens is 422 g/mol. The van der Waals surface area contributed by atoms with E-state index in [1.807, 2.05) is 22.2 Å². The van der Waals surface area contributed by atoms with Crippen molar-refractivity contribution in [3.8, 4) is 22.1 Å². The van der Waals surface area contributed by atoms with Gasteiger partial charge in [-0.05, 0) is 36.4 Å². The molecule has 1 N–H and O–H groups in total. The number of rotatable bonds is 4. The Bertz CT molecular complexity index is 1070. The minimum Gasteiger partial charge on any atom is -0.454 e. The number of likely N-dealkylation sites (tertiary alicyclic amines) is 1. The van der Waals surface area contributed by atoms with E-state index in [-0.39, 0.29) is 24.5 Å². The van der Waals surface area contributed by atoms with Crippen LogP contribution >= 0.6 is 22.7 Å². The topological polar surface area (TPSA) is 80.8 Å². The van der Waals surface area contributed by atoms with Gasteiger partial charge in [-0.1, -0.05) is 0 Å². The van der Waals surface area contributed by atoms with Gasteiger partial charge in [-0.3, -0.25) is 9.59 Å². The summed E-state index contributed by atoms with van der Waals surface area (Å²) in [6.07, 6.45) is 1.26. The molecule has 9 heteroatoms. The fourth-order valence-corrected chi connectivity index (χ4v) is 5.12. The zero-order valence-electron chi connectivity index (χ0n) is 16.0. The number of benzene rings is 1. The van der Waals surface area contributed by atoms with Gasteiger partial charge in [-0.25, -0.2) is 4.98 Å². The quantitative estimate of drug-likeness (QED) is 0.660. The molecule has 2 aliphatic rings. The predicted molar refractivity (Wildman–Crippen MR) is 115 cm³/mol. The summed E-state index contributed by atoms with van der Waals surface area (Å²) < 4.78 is 10.6. The zero-order chi connectivity index (χ0) is 20.5. The van der Waals surface area contributed by atoms with E-state index < -0.39 is 0 Å². The lowest BCUT2D eigenvalue weighted by atomic mass is 9.95. The van der Waals surface area contributed by atoms with Crippen LogP contribution in [0.4, 0.5) is 5.69 Å². The Hall–Kier alpha value is -2.91. The Morgan fingerprint density at radius 3 is 2.73 bits per heavy atom. The lowest BCUT2D eigenvalue weighted by molar-refractivity contribution is -0.121. The molecule has 154 valence electrons. The Morgan fingerprint density at radius 2 is 1.93 bits per heavy atom. The van der Waals surface area contributed by atoms with Crippen molar-refractivity contribution in [1.29, 1.82) is 0 Å². The maximum absolute atomic E-state index is 12.8. The average molecular weight is 442 g/mol. The number of hydrogen-bond acceptors (Lipinski definition) is 7. The summed E-state index contributed by atoms with van der Waals surface area (Å²) >= 11 is 3.09. The molecule has 5 rings (SSSR count). The van der Waals surface area contributed by atoms with Gasteiger partial charge in [0.1, 0.15) is 10.7 Å². The number of aromatic nitrogens is 1. The molecule has 1 saturated heterocycles. The zero-order valence-corrected chi connectivity index (χ0v) is 17.6. The number of amides is 2. The van der Waals surface area contributed by atoms with Gasteiger partial charge in [-0.2, -0.15) is 11.3 Å². The average Bonchev–Trinajstić information content (AvgIpc) is 3.54.